The normalized spacial score (nSPS) is 11.6. The summed E-state index contributed by atoms with van der Waals surface area (Å²) in [5, 5.41) is 13.9. The Labute approximate surface area is 144 Å². The maximum Gasteiger partial charge on any atom is 0.303 e. The third-order valence-corrected chi connectivity index (χ3v) is 3.67. The fraction of sp³-hybridized carbons (Fsp3) is 0. The third-order valence-electron chi connectivity index (χ3n) is 2.61. The van der Waals surface area contributed by atoms with E-state index >= 15 is 0 Å². The number of nitrogens with zero attached hydrogens (tertiary/aromatic N) is 2. The summed E-state index contributed by atoms with van der Waals surface area (Å²) in [5.41, 5.74) is 1.25. The third kappa shape index (κ3) is 5.09. The Kier molecular flexibility index (Phi) is 5.85. The van der Waals surface area contributed by atoms with Crippen LogP contribution >= 0.6 is 31.9 Å². The molecule has 0 atom stereocenters. The monoisotopic (exact) mass is 423 g/mol. The predicted molar refractivity (Wildman–Crippen MR) is 95.1 cm³/mol. The number of halogens is 2. The van der Waals surface area contributed by atoms with Crippen molar-refractivity contribution in [1.29, 1.82) is 0 Å². The van der Waals surface area contributed by atoms with E-state index in [2.05, 4.69) is 42.2 Å². The highest BCUT2D eigenvalue weighted by Gasteiger charge is 2.06. The van der Waals surface area contributed by atoms with Gasteiger partial charge in [0.15, 0.2) is 0 Å². The van der Waals surface area contributed by atoms with Gasteiger partial charge in [-0.15, -0.1) is 0 Å². The van der Waals surface area contributed by atoms with Crippen LogP contribution in [0.5, 0.6) is 0 Å². The molecule has 2 rings (SSSR count). The molecular formula is C15H11Br2N3O2. The molecule has 0 saturated carbocycles. The van der Waals surface area contributed by atoms with Crippen LogP contribution in [0, 0.1) is 10.1 Å². The zero-order valence-corrected chi connectivity index (χ0v) is 14.4. The average molecular weight is 425 g/mol. The Morgan fingerprint density at radius 3 is 2.14 bits per heavy atom. The summed E-state index contributed by atoms with van der Waals surface area (Å²) in [7, 11) is 0. The lowest BCUT2D eigenvalue weighted by molar-refractivity contribution is -0.414. The molecule has 0 aliphatic carbocycles. The van der Waals surface area contributed by atoms with Crippen molar-refractivity contribution in [3.8, 4) is 0 Å². The molecule has 0 aromatic heterocycles. The van der Waals surface area contributed by atoms with Crippen molar-refractivity contribution in [2.24, 2.45) is 4.99 Å². The van der Waals surface area contributed by atoms with Gasteiger partial charge in [-0.05, 0) is 48.5 Å². The highest BCUT2D eigenvalue weighted by atomic mass is 79.9. The summed E-state index contributed by atoms with van der Waals surface area (Å²) < 4.78 is 1.86. The number of nitrogens with one attached hydrogen (secondary N) is 1. The van der Waals surface area contributed by atoms with E-state index in [1.54, 1.807) is 12.1 Å². The molecule has 112 valence electrons. The first-order chi connectivity index (χ1) is 10.5. The number of rotatable bonds is 5. The van der Waals surface area contributed by atoms with Crippen molar-refractivity contribution >= 4 is 49.4 Å². The Balaban J connectivity index is 2.12. The second-order valence-corrected chi connectivity index (χ2v) is 6.04. The Morgan fingerprint density at radius 1 is 1.05 bits per heavy atom. The van der Waals surface area contributed by atoms with Crippen LogP contribution in [0.2, 0.25) is 0 Å². The van der Waals surface area contributed by atoms with Crippen LogP contribution in [0.3, 0.4) is 0 Å². The van der Waals surface area contributed by atoms with Gasteiger partial charge in [-0.2, -0.15) is 0 Å². The fourth-order valence-corrected chi connectivity index (χ4v) is 2.04. The lowest BCUT2D eigenvalue weighted by Crippen LogP contribution is -2.03. The summed E-state index contributed by atoms with van der Waals surface area (Å²) >= 11 is 6.65. The van der Waals surface area contributed by atoms with Gasteiger partial charge in [0.25, 0.3) is 0 Å². The molecule has 2 aromatic carbocycles. The minimum Gasteiger partial charge on any atom is -0.356 e. The summed E-state index contributed by atoms with van der Waals surface area (Å²) in [6.07, 6.45) is 2.53. The Hall–Kier alpha value is -1.99. The molecule has 0 aliphatic heterocycles. The molecule has 0 heterocycles. The lowest BCUT2D eigenvalue weighted by atomic mass is 10.3. The van der Waals surface area contributed by atoms with Gasteiger partial charge in [-0.1, -0.05) is 31.9 Å². The topological polar surface area (TPSA) is 67.5 Å². The van der Waals surface area contributed by atoms with Crippen molar-refractivity contribution < 1.29 is 4.92 Å². The number of anilines is 1. The maximum absolute atomic E-state index is 11.0. The van der Waals surface area contributed by atoms with E-state index in [9.17, 15) is 10.1 Å². The van der Waals surface area contributed by atoms with Gasteiger partial charge in [0.1, 0.15) is 6.21 Å². The van der Waals surface area contributed by atoms with E-state index in [1.807, 2.05) is 36.4 Å². The van der Waals surface area contributed by atoms with Crippen LogP contribution in [0.25, 0.3) is 0 Å². The van der Waals surface area contributed by atoms with Gasteiger partial charge >= 0.3 is 5.70 Å². The molecule has 1 N–H and O–H groups in total. The molecule has 0 bridgehead atoms. The number of nitro groups is 1. The highest BCUT2D eigenvalue weighted by molar-refractivity contribution is 9.10. The van der Waals surface area contributed by atoms with Crippen molar-refractivity contribution in [3.63, 3.8) is 0 Å². The molecule has 0 aliphatic rings. The van der Waals surface area contributed by atoms with Gasteiger partial charge in [-0.3, -0.25) is 10.1 Å². The molecule has 0 unspecified atom stereocenters. The number of benzene rings is 2. The smallest absolute Gasteiger partial charge is 0.303 e. The van der Waals surface area contributed by atoms with Crippen molar-refractivity contribution in [1.82, 2.24) is 0 Å². The van der Waals surface area contributed by atoms with Crippen LogP contribution < -0.4 is 5.32 Å². The summed E-state index contributed by atoms with van der Waals surface area (Å²) in [6.45, 7) is 0. The van der Waals surface area contributed by atoms with Gasteiger partial charge < -0.3 is 5.32 Å². The quantitative estimate of drug-likeness (QED) is 0.410. The highest BCUT2D eigenvalue weighted by Crippen LogP contribution is 2.17. The molecule has 0 radical (unpaired) electrons. The van der Waals surface area contributed by atoms with E-state index in [1.165, 1.54) is 12.4 Å². The molecule has 5 nitrogen and oxygen atoms in total. The van der Waals surface area contributed by atoms with E-state index in [0.29, 0.717) is 5.69 Å². The zero-order valence-electron chi connectivity index (χ0n) is 11.2. The molecular weight excluding hydrogens is 414 g/mol. The molecule has 0 spiro atoms. The maximum atomic E-state index is 11.0. The van der Waals surface area contributed by atoms with E-state index < -0.39 is 4.92 Å². The zero-order chi connectivity index (χ0) is 15.9. The van der Waals surface area contributed by atoms with Gasteiger partial charge in [0, 0.05) is 14.6 Å². The second-order valence-electron chi connectivity index (χ2n) is 4.21. The Bertz CT molecular complexity index is 711. The van der Waals surface area contributed by atoms with Crippen molar-refractivity contribution in [2.45, 2.75) is 0 Å². The molecule has 0 amide bonds. The number of aliphatic imine (C=N–C) groups is 1. The summed E-state index contributed by atoms with van der Waals surface area (Å²) in [5.74, 6) is 0. The average Bonchev–Trinajstić information content (AvgIpc) is 2.50. The molecule has 22 heavy (non-hydrogen) atoms. The summed E-state index contributed by atoms with van der Waals surface area (Å²) in [6, 6.07) is 14.5. The van der Waals surface area contributed by atoms with Crippen LogP contribution in [0.1, 0.15) is 0 Å². The number of allylic oxidation sites excluding steroid dienone is 1. The minimum absolute atomic E-state index is 0.133. The summed E-state index contributed by atoms with van der Waals surface area (Å²) in [4.78, 5) is 14.6. The SMILES string of the molecule is O=[N+]([O-])/C(C=Nc1ccc(Br)cc1)=C\Nc1ccc(Br)cc1. The molecule has 0 saturated heterocycles. The van der Waals surface area contributed by atoms with Crippen LogP contribution in [-0.4, -0.2) is 11.1 Å². The second kappa shape index (κ2) is 7.86. The van der Waals surface area contributed by atoms with E-state index in [4.69, 9.17) is 0 Å². The van der Waals surface area contributed by atoms with Crippen molar-refractivity contribution in [3.05, 3.63) is 79.5 Å². The van der Waals surface area contributed by atoms with Gasteiger partial charge in [-0.25, -0.2) is 4.99 Å². The number of hydrogen-bond acceptors (Lipinski definition) is 4. The standard InChI is InChI=1S/C15H11Br2N3O2/c16-11-1-5-13(6-2-11)18-9-15(20(21)22)10-19-14-7-3-12(17)4-8-14/h1-10,18H/b15-9-,19-10?. The van der Waals surface area contributed by atoms with Crippen LogP contribution in [-0.2, 0) is 0 Å². The lowest BCUT2D eigenvalue weighted by Gasteiger charge is -2.00. The fourth-order valence-electron chi connectivity index (χ4n) is 1.51. The predicted octanol–water partition coefficient (Wildman–Crippen LogP) is 5.14. The molecule has 0 fully saturated rings. The largest absolute Gasteiger partial charge is 0.356 e. The van der Waals surface area contributed by atoms with Crippen LogP contribution in [0.4, 0.5) is 11.4 Å². The first-order valence-electron chi connectivity index (χ1n) is 6.21. The van der Waals surface area contributed by atoms with E-state index in [0.717, 1.165) is 14.6 Å². The van der Waals surface area contributed by atoms with Crippen molar-refractivity contribution in [2.75, 3.05) is 5.32 Å². The van der Waals surface area contributed by atoms with Crippen LogP contribution in [0.15, 0.2) is 74.4 Å². The number of hydrogen-bond donors (Lipinski definition) is 1. The molecule has 2 aromatic rings. The minimum atomic E-state index is -0.492. The first-order valence-corrected chi connectivity index (χ1v) is 7.79. The first kappa shape index (κ1) is 16.4. The van der Waals surface area contributed by atoms with Gasteiger partial charge in [0.05, 0.1) is 16.8 Å². The Morgan fingerprint density at radius 2 is 1.59 bits per heavy atom. The molecule has 7 heteroatoms. The van der Waals surface area contributed by atoms with Gasteiger partial charge in [0.2, 0.25) is 0 Å². The van der Waals surface area contributed by atoms with E-state index in [-0.39, 0.29) is 5.70 Å².